The van der Waals surface area contributed by atoms with Gasteiger partial charge in [0.1, 0.15) is 5.82 Å². The summed E-state index contributed by atoms with van der Waals surface area (Å²) in [5.41, 5.74) is 2.69. The van der Waals surface area contributed by atoms with Crippen LogP contribution in [0.1, 0.15) is 24.1 Å². The highest BCUT2D eigenvalue weighted by Gasteiger charge is 2.20. The van der Waals surface area contributed by atoms with Crippen molar-refractivity contribution < 1.29 is 14.0 Å². The summed E-state index contributed by atoms with van der Waals surface area (Å²) in [6, 6.07) is 25.3. The first-order chi connectivity index (χ1) is 15.0. The Labute approximate surface area is 186 Å². The van der Waals surface area contributed by atoms with Crippen molar-refractivity contribution in [3.63, 3.8) is 0 Å². The third-order valence-electron chi connectivity index (χ3n) is 4.76. The largest absolute Gasteiger partial charge is 0.348 e. The molecule has 31 heavy (non-hydrogen) atoms. The summed E-state index contributed by atoms with van der Waals surface area (Å²) in [5, 5.41) is 5.43. The lowest BCUT2D eigenvalue weighted by Gasteiger charge is -2.22. The molecule has 2 N–H and O–H groups in total. The van der Waals surface area contributed by atoms with Gasteiger partial charge >= 0.3 is 0 Å². The lowest BCUT2D eigenvalue weighted by atomic mass is 9.99. The summed E-state index contributed by atoms with van der Waals surface area (Å²) in [4.78, 5) is 25.0. The predicted molar refractivity (Wildman–Crippen MR) is 124 cm³/mol. The standard InChI is InChI=1S/C25H25FN2O2S/c1-18(31-17-24(29)27-22-14-12-21(26)13-15-22)25(30)28-23(20-10-6-3-7-11-20)16-19-8-4-2-5-9-19/h2-15,18,23H,16-17H2,1H3,(H,27,29)(H,28,30). The highest BCUT2D eigenvalue weighted by Crippen LogP contribution is 2.20. The van der Waals surface area contributed by atoms with Crippen LogP contribution in [0.3, 0.4) is 0 Å². The molecule has 0 fully saturated rings. The zero-order valence-electron chi connectivity index (χ0n) is 17.3. The van der Waals surface area contributed by atoms with Gasteiger partial charge in [0.2, 0.25) is 11.8 Å². The van der Waals surface area contributed by atoms with Gasteiger partial charge in [0.15, 0.2) is 0 Å². The van der Waals surface area contributed by atoms with Crippen LogP contribution >= 0.6 is 11.8 Å². The van der Waals surface area contributed by atoms with E-state index in [2.05, 4.69) is 10.6 Å². The monoisotopic (exact) mass is 436 g/mol. The van der Waals surface area contributed by atoms with Gasteiger partial charge in [-0.25, -0.2) is 4.39 Å². The fourth-order valence-electron chi connectivity index (χ4n) is 3.08. The van der Waals surface area contributed by atoms with E-state index in [0.29, 0.717) is 12.1 Å². The Morgan fingerprint density at radius 1 is 0.903 bits per heavy atom. The van der Waals surface area contributed by atoms with Gasteiger partial charge in [0, 0.05) is 5.69 Å². The van der Waals surface area contributed by atoms with Crippen molar-refractivity contribution in [1.29, 1.82) is 0 Å². The van der Waals surface area contributed by atoms with Crippen molar-refractivity contribution in [2.45, 2.75) is 24.6 Å². The number of carbonyl (C=O) groups excluding carboxylic acids is 2. The van der Waals surface area contributed by atoms with E-state index in [-0.39, 0.29) is 29.4 Å². The summed E-state index contributed by atoms with van der Waals surface area (Å²) in [6.07, 6.45) is 0.680. The average Bonchev–Trinajstić information content (AvgIpc) is 2.80. The second kappa shape index (κ2) is 11.3. The van der Waals surface area contributed by atoms with Crippen LogP contribution in [0.2, 0.25) is 0 Å². The molecule has 0 saturated carbocycles. The average molecular weight is 437 g/mol. The lowest BCUT2D eigenvalue weighted by Crippen LogP contribution is -2.36. The minimum absolute atomic E-state index is 0.121. The topological polar surface area (TPSA) is 58.2 Å². The van der Waals surface area contributed by atoms with Crippen molar-refractivity contribution in [2.24, 2.45) is 0 Å². The molecule has 0 aliphatic carbocycles. The van der Waals surface area contributed by atoms with Crippen molar-refractivity contribution in [1.82, 2.24) is 5.32 Å². The molecule has 0 saturated heterocycles. The molecule has 0 heterocycles. The van der Waals surface area contributed by atoms with E-state index < -0.39 is 5.25 Å². The first-order valence-corrected chi connectivity index (χ1v) is 11.1. The Balaban J connectivity index is 1.56. The molecule has 6 heteroatoms. The smallest absolute Gasteiger partial charge is 0.234 e. The molecule has 0 spiro atoms. The molecular weight excluding hydrogens is 411 g/mol. The van der Waals surface area contributed by atoms with Crippen molar-refractivity contribution in [3.05, 3.63) is 102 Å². The molecule has 2 unspecified atom stereocenters. The van der Waals surface area contributed by atoms with E-state index in [9.17, 15) is 14.0 Å². The quantitative estimate of drug-likeness (QED) is 0.497. The Morgan fingerprint density at radius 3 is 2.16 bits per heavy atom. The minimum Gasteiger partial charge on any atom is -0.348 e. The van der Waals surface area contributed by atoms with Crippen LogP contribution in [-0.4, -0.2) is 22.8 Å². The Kier molecular flexibility index (Phi) is 8.24. The maximum atomic E-state index is 13.0. The Hall–Kier alpha value is -3.12. The molecule has 0 radical (unpaired) electrons. The number of anilines is 1. The number of hydrogen-bond acceptors (Lipinski definition) is 3. The van der Waals surface area contributed by atoms with E-state index in [4.69, 9.17) is 0 Å². The van der Waals surface area contributed by atoms with Gasteiger partial charge in [-0.2, -0.15) is 0 Å². The first kappa shape index (κ1) is 22.6. The zero-order chi connectivity index (χ0) is 22.1. The number of nitrogens with one attached hydrogen (secondary N) is 2. The third kappa shape index (κ3) is 7.26. The number of halogens is 1. The summed E-state index contributed by atoms with van der Waals surface area (Å²) >= 11 is 1.26. The number of carbonyl (C=O) groups is 2. The van der Waals surface area contributed by atoms with Crippen LogP contribution in [-0.2, 0) is 16.0 Å². The van der Waals surface area contributed by atoms with Gasteiger partial charge in [-0.05, 0) is 48.7 Å². The molecule has 0 aliphatic rings. The van der Waals surface area contributed by atoms with Gasteiger partial charge in [0.05, 0.1) is 17.0 Å². The summed E-state index contributed by atoms with van der Waals surface area (Å²) in [7, 11) is 0. The maximum absolute atomic E-state index is 13.0. The van der Waals surface area contributed by atoms with E-state index >= 15 is 0 Å². The normalized spacial score (nSPS) is 12.6. The van der Waals surface area contributed by atoms with Crippen LogP contribution < -0.4 is 10.6 Å². The van der Waals surface area contributed by atoms with E-state index in [1.807, 2.05) is 60.7 Å². The fraction of sp³-hybridized carbons (Fsp3) is 0.200. The molecule has 0 aliphatic heterocycles. The number of amides is 2. The molecule has 4 nitrogen and oxygen atoms in total. The number of benzene rings is 3. The summed E-state index contributed by atoms with van der Waals surface area (Å²) in [6.45, 7) is 1.79. The van der Waals surface area contributed by atoms with Crippen LogP contribution in [0, 0.1) is 5.82 Å². The zero-order valence-corrected chi connectivity index (χ0v) is 18.1. The third-order valence-corrected chi connectivity index (χ3v) is 5.91. The van der Waals surface area contributed by atoms with Crippen LogP contribution in [0.15, 0.2) is 84.9 Å². The van der Waals surface area contributed by atoms with Gasteiger partial charge < -0.3 is 10.6 Å². The van der Waals surface area contributed by atoms with Crippen LogP contribution in [0.5, 0.6) is 0 Å². The van der Waals surface area contributed by atoms with Gasteiger partial charge in [0.25, 0.3) is 0 Å². The Morgan fingerprint density at radius 2 is 1.52 bits per heavy atom. The Bertz CT molecular complexity index is 981. The molecule has 3 rings (SSSR count). The summed E-state index contributed by atoms with van der Waals surface area (Å²) < 4.78 is 13.0. The second-order valence-corrected chi connectivity index (χ2v) is 8.50. The van der Waals surface area contributed by atoms with Crippen molar-refractivity contribution >= 4 is 29.3 Å². The fourth-order valence-corrected chi connectivity index (χ4v) is 3.78. The van der Waals surface area contributed by atoms with E-state index in [0.717, 1.165) is 11.1 Å². The van der Waals surface area contributed by atoms with E-state index in [1.165, 1.54) is 36.0 Å². The number of hydrogen-bond donors (Lipinski definition) is 2. The molecule has 3 aromatic carbocycles. The number of thioether (sulfide) groups is 1. The SMILES string of the molecule is CC(SCC(=O)Nc1ccc(F)cc1)C(=O)NC(Cc1ccccc1)c1ccccc1. The maximum Gasteiger partial charge on any atom is 0.234 e. The number of rotatable bonds is 9. The molecular formula is C25H25FN2O2S. The van der Waals surface area contributed by atoms with Gasteiger partial charge in [-0.15, -0.1) is 11.8 Å². The van der Waals surface area contributed by atoms with Crippen molar-refractivity contribution in [3.8, 4) is 0 Å². The highest BCUT2D eigenvalue weighted by molar-refractivity contribution is 8.01. The lowest BCUT2D eigenvalue weighted by molar-refractivity contribution is -0.121. The molecule has 0 bridgehead atoms. The van der Waals surface area contributed by atoms with Crippen LogP contribution in [0.4, 0.5) is 10.1 Å². The predicted octanol–water partition coefficient (Wildman–Crippen LogP) is 4.99. The molecule has 2 atom stereocenters. The second-order valence-electron chi connectivity index (χ2n) is 7.17. The van der Waals surface area contributed by atoms with Gasteiger partial charge in [-0.1, -0.05) is 60.7 Å². The first-order valence-electron chi connectivity index (χ1n) is 10.1. The van der Waals surface area contributed by atoms with Crippen molar-refractivity contribution in [2.75, 3.05) is 11.1 Å². The van der Waals surface area contributed by atoms with Gasteiger partial charge in [-0.3, -0.25) is 9.59 Å². The molecule has 160 valence electrons. The minimum atomic E-state index is -0.402. The molecule has 0 aromatic heterocycles. The van der Waals surface area contributed by atoms with E-state index in [1.54, 1.807) is 6.92 Å². The summed E-state index contributed by atoms with van der Waals surface area (Å²) in [5.74, 6) is -0.591. The molecule has 3 aromatic rings. The highest BCUT2D eigenvalue weighted by atomic mass is 32.2. The molecule has 2 amide bonds. The van der Waals surface area contributed by atoms with Crippen LogP contribution in [0.25, 0.3) is 0 Å².